The molecule has 0 saturated carbocycles. The van der Waals surface area contributed by atoms with E-state index in [0.29, 0.717) is 30.4 Å². The molecular formula is C21H20FN3O2. The maximum absolute atomic E-state index is 13.1. The molecule has 0 N–H and O–H groups in total. The van der Waals surface area contributed by atoms with Crippen LogP contribution >= 0.6 is 0 Å². The molecule has 0 amide bonds. The zero-order chi connectivity index (χ0) is 18.8. The number of furan rings is 1. The lowest BCUT2D eigenvalue weighted by Crippen LogP contribution is -2.18. The molecule has 4 rings (SSSR count). The van der Waals surface area contributed by atoms with E-state index in [2.05, 4.69) is 28.1 Å². The van der Waals surface area contributed by atoms with Crippen LogP contribution in [-0.4, -0.2) is 22.1 Å². The summed E-state index contributed by atoms with van der Waals surface area (Å²) in [7, 11) is 2.00. The standard InChI is InChI=1S/C21H20FN3O2/c1-3-18-17(16-6-4-5-7-19(16)26-18)12-25(2)13-20-23-24-21(27-20)14-8-10-15(22)11-9-14/h4-11H,3,12-13H2,1-2H3. The van der Waals surface area contributed by atoms with Crippen LogP contribution in [0, 0.1) is 5.82 Å². The summed E-state index contributed by atoms with van der Waals surface area (Å²) in [5.74, 6) is 1.61. The van der Waals surface area contributed by atoms with E-state index in [0.717, 1.165) is 23.2 Å². The van der Waals surface area contributed by atoms with Gasteiger partial charge in [0.05, 0.1) is 6.54 Å². The third-order valence-corrected chi connectivity index (χ3v) is 4.49. The minimum Gasteiger partial charge on any atom is -0.461 e. The van der Waals surface area contributed by atoms with Gasteiger partial charge in [0.25, 0.3) is 0 Å². The molecule has 0 saturated heterocycles. The van der Waals surface area contributed by atoms with Gasteiger partial charge in [0, 0.05) is 29.5 Å². The molecule has 138 valence electrons. The van der Waals surface area contributed by atoms with Crippen molar-refractivity contribution in [2.75, 3.05) is 7.05 Å². The van der Waals surface area contributed by atoms with Crippen molar-refractivity contribution in [3.8, 4) is 11.5 Å². The summed E-state index contributed by atoms with van der Waals surface area (Å²) in [6.45, 7) is 3.32. The summed E-state index contributed by atoms with van der Waals surface area (Å²) in [6, 6.07) is 14.1. The minimum absolute atomic E-state index is 0.294. The third-order valence-electron chi connectivity index (χ3n) is 4.49. The van der Waals surface area contributed by atoms with Crippen molar-refractivity contribution >= 4 is 11.0 Å². The van der Waals surface area contributed by atoms with Gasteiger partial charge >= 0.3 is 0 Å². The lowest BCUT2D eigenvalue weighted by Gasteiger charge is -2.14. The molecule has 0 aliphatic heterocycles. The second-order valence-corrected chi connectivity index (χ2v) is 6.53. The van der Waals surface area contributed by atoms with E-state index in [-0.39, 0.29) is 5.82 Å². The summed E-state index contributed by atoms with van der Waals surface area (Å²) >= 11 is 0. The molecule has 0 unspecified atom stereocenters. The Labute approximate surface area is 156 Å². The van der Waals surface area contributed by atoms with Crippen LogP contribution in [0.1, 0.15) is 24.1 Å². The number of nitrogens with zero attached hydrogens (tertiary/aromatic N) is 3. The average molecular weight is 365 g/mol. The number of para-hydroxylation sites is 1. The molecule has 2 heterocycles. The second kappa shape index (κ2) is 7.32. The first-order chi connectivity index (χ1) is 13.1. The molecule has 2 aromatic heterocycles. The van der Waals surface area contributed by atoms with Crippen molar-refractivity contribution in [1.29, 1.82) is 0 Å². The van der Waals surface area contributed by atoms with Crippen LogP contribution in [0.2, 0.25) is 0 Å². The van der Waals surface area contributed by atoms with Crippen LogP contribution in [0.3, 0.4) is 0 Å². The molecule has 6 heteroatoms. The SMILES string of the molecule is CCc1oc2ccccc2c1CN(C)Cc1nnc(-c2ccc(F)cc2)o1. The number of fused-ring (bicyclic) bond motifs is 1. The van der Waals surface area contributed by atoms with E-state index >= 15 is 0 Å². The van der Waals surface area contributed by atoms with E-state index in [1.54, 1.807) is 12.1 Å². The van der Waals surface area contributed by atoms with E-state index < -0.39 is 0 Å². The van der Waals surface area contributed by atoms with Gasteiger partial charge in [-0.25, -0.2) is 4.39 Å². The van der Waals surface area contributed by atoms with Gasteiger partial charge < -0.3 is 8.83 Å². The largest absolute Gasteiger partial charge is 0.461 e. The first kappa shape index (κ1) is 17.4. The molecule has 0 fully saturated rings. The maximum Gasteiger partial charge on any atom is 0.247 e. The Morgan fingerprint density at radius 1 is 0.963 bits per heavy atom. The molecule has 5 nitrogen and oxygen atoms in total. The number of hydrogen-bond acceptors (Lipinski definition) is 5. The third kappa shape index (κ3) is 3.61. The maximum atomic E-state index is 13.1. The number of halogens is 1. The fraction of sp³-hybridized carbons (Fsp3) is 0.238. The van der Waals surface area contributed by atoms with Crippen LogP contribution < -0.4 is 0 Å². The molecule has 0 aliphatic rings. The summed E-state index contributed by atoms with van der Waals surface area (Å²) < 4.78 is 24.7. The Morgan fingerprint density at radius 3 is 2.52 bits per heavy atom. The molecule has 0 radical (unpaired) electrons. The van der Waals surface area contributed by atoms with Crippen molar-refractivity contribution < 1.29 is 13.2 Å². The van der Waals surface area contributed by atoms with Crippen molar-refractivity contribution in [3.63, 3.8) is 0 Å². The van der Waals surface area contributed by atoms with Crippen molar-refractivity contribution in [3.05, 3.63) is 71.6 Å². The number of rotatable bonds is 6. The summed E-state index contributed by atoms with van der Waals surface area (Å²) in [4.78, 5) is 2.11. The van der Waals surface area contributed by atoms with Crippen LogP contribution in [-0.2, 0) is 19.5 Å². The summed E-state index contributed by atoms with van der Waals surface area (Å²) in [6.07, 6.45) is 0.840. The molecular weight excluding hydrogens is 345 g/mol. The Hall–Kier alpha value is -2.99. The average Bonchev–Trinajstić information content (AvgIpc) is 3.27. The van der Waals surface area contributed by atoms with Crippen molar-refractivity contribution in [2.45, 2.75) is 26.4 Å². The first-order valence-corrected chi connectivity index (χ1v) is 8.90. The summed E-state index contributed by atoms with van der Waals surface area (Å²) in [5.41, 5.74) is 2.80. The van der Waals surface area contributed by atoms with E-state index in [9.17, 15) is 4.39 Å². The van der Waals surface area contributed by atoms with Gasteiger partial charge in [-0.3, -0.25) is 4.90 Å². The number of hydrogen-bond donors (Lipinski definition) is 0. The van der Waals surface area contributed by atoms with Crippen LogP contribution in [0.5, 0.6) is 0 Å². The van der Waals surface area contributed by atoms with Gasteiger partial charge in [-0.1, -0.05) is 25.1 Å². The predicted octanol–water partition coefficient (Wildman–Crippen LogP) is 4.82. The van der Waals surface area contributed by atoms with E-state index in [1.165, 1.54) is 17.7 Å². The van der Waals surface area contributed by atoms with Gasteiger partial charge in [-0.05, 0) is 37.4 Å². The predicted molar refractivity (Wildman–Crippen MR) is 100 cm³/mol. The molecule has 0 aliphatic carbocycles. The van der Waals surface area contributed by atoms with Crippen molar-refractivity contribution in [1.82, 2.24) is 15.1 Å². The molecule has 27 heavy (non-hydrogen) atoms. The van der Waals surface area contributed by atoms with Crippen LogP contribution in [0.15, 0.2) is 57.4 Å². The zero-order valence-electron chi connectivity index (χ0n) is 15.3. The lowest BCUT2D eigenvalue weighted by molar-refractivity contribution is 0.281. The molecule has 4 aromatic rings. The number of aryl methyl sites for hydroxylation is 1. The fourth-order valence-electron chi connectivity index (χ4n) is 3.19. The molecule has 0 atom stereocenters. The monoisotopic (exact) mass is 365 g/mol. The quantitative estimate of drug-likeness (QED) is 0.490. The first-order valence-electron chi connectivity index (χ1n) is 8.90. The second-order valence-electron chi connectivity index (χ2n) is 6.53. The minimum atomic E-state index is -0.294. The van der Waals surface area contributed by atoms with Crippen molar-refractivity contribution in [2.24, 2.45) is 0 Å². The Balaban J connectivity index is 1.50. The lowest BCUT2D eigenvalue weighted by atomic mass is 10.1. The highest BCUT2D eigenvalue weighted by Crippen LogP contribution is 2.27. The Bertz CT molecular complexity index is 1050. The molecule has 2 aromatic carbocycles. The smallest absolute Gasteiger partial charge is 0.247 e. The highest BCUT2D eigenvalue weighted by atomic mass is 19.1. The normalized spacial score (nSPS) is 11.6. The fourth-order valence-corrected chi connectivity index (χ4v) is 3.19. The van der Waals surface area contributed by atoms with Gasteiger partial charge in [0.2, 0.25) is 11.8 Å². The highest BCUT2D eigenvalue weighted by molar-refractivity contribution is 5.82. The number of aromatic nitrogens is 2. The molecule has 0 spiro atoms. The van der Waals surface area contributed by atoms with Gasteiger partial charge in [0.15, 0.2) is 0 Å². The van der Waals surface area contributed by atoms with Crippen LogP contribution in [0.4, 0.5) is 4.39 Å². The van der Waals surface area contributed by atoms with Gasteiger partial charge in [-0.2, -0.15) is 0 Å². The Morgan fingerprint density at radius 2 is 1.74 bits per heavy atom. The van der Waals surface area contributed by atoms with Gasteiger partial charge in [-0.15, -0.1) is 10.2 Å². The highest BCUT2D eigenvalue weighted by Gasteiger charge is 2.16. The van der Waals surface area contributed by atoms with Gasteiger partial charge in [0.1, 0.15) is 17.2 Å². The summed E-state index contributed by atoms with van der Waals surface area (Å²) in [5, 5.41) is 9.32. The topological polar surface area (TPSA) is 55.3 Å². The van der Waals surface area contributed by atoms with E-state index in [4.69, 9.17) is 8.83 Å². The van der Waals surface area contributed by atoms with Crippen LogP contribution in [0.25, 0.3) is 22.4 Å². The van der Waals surface area contributed by atoms with E-state index in [1.807, 2.05) is 25.2 Å². The zero-order valence-corrected chi connectivity index (χ0v) is 15.3. The number of benzene rings is 2. The Kier molecular flexibility index (Phi) is 4.73. The molecule has 0 bridgehead atoms.